The largest absolute Gasteiger partial charge is 0.449 e. The summed E-state index contributed by atoms with van der Waals surface area (Å²) in [6.45, 7) is 3.23. The summed E-state index contributed by atoms with van der Waals surface area (Å²) in [4.78, 5) is 36.8. The number of aryl methyl sites for hydroxylation is 1. The zero-order valence-electron chi connectivity index (χ0n) is 17.0. The molecule has 0 radical (unpaired) electrons. The Bertz CT molecular complexity index is 1080. The van der Waals surface area contributed by atoms with E-state index in [1.807, 2.05) is 48.5 Å². The molecule has 0 aliphatic heterocycles. The van der Waals surface area contributed by atoms with Gasteiger partial charge in [-0.1, -0.05) is 60.1 Å². The van der Waals surface area contributed by atoms with Crippen LogP contribution >= 0.6 is 11.6 Å². The molecule has 0 aliphatic carbocycles. The first-order valence-corrected chi connectivity index (χ1v) is 9.88. The number of carbonyl (C=O) groups is 3. The van der Waals surface area contributed by atoms with Gasteiger partial charge in [0, 0.05) is 6.54 Å². The van der Waals surface area contributed by atoms with Gasteiger partial charge in [-0.15, -0.1) is 0 Å². The number of amides is 3. The number of esters is 1. The van der Waals surface area contributed by atoms with Crippen LogP contribution in [0.1, 0.15) is 28.5 Å². The fraction of sp³-hybridized carbons (Fsp3) is 0.182. The monoisotopic (exact) mass is 440 g/mol. The molecule has 9 heteroatoms. The summed E-state index contributed by atoms with van der Waals surface area (Å²) in [5, 5.41) is 9.06. The van der Waals surface area contributed by atoms with Gasteiger partial charge in [0.25, 0.3) is 5.91 Å². The zero-order chi connectivity index (χ0) is 22.4. The molecule has 0 saturated heterocycles. The first-order chi connectivity index (χ1) is 14.9. The van der Waals surface area contributed by atoms with Crippen LogP contribution in [-0.2, 0) is 16.1 Å². The Hall–Kier alpha value is -3.65. The summed E-state index contributed by atoms with van der Waals surface area (Å²) in [6.07, 6.45) is -1.22. The van der Waals surface area contributed by atoms with Gasteiger partial charge in [-0.2, -0.15) is 5.10 Å². The first-order valence-electron chi connectivity index (χ1n) is 9.51. The molecule has 160 valence electrons. The molecule has 1 heterocycles. The SMILES string of the molecule is Cc1nn(-c2ccccc2)c(Cl)c1C(=O)OC(C)C(=O)NC(=O)NCc1ccccc1. The molecule has 1 unspecified atom stereocenters. The van der Waals surface area contributed by atoms with E-state index in [-0.39, 0.29) is 17.3 Å². The topological polar surface area (TPSA) is 102 Å². The van der Waals surface area contributed by atoms with E-state index in [2.05, 4.69) is 15.7 Å². The van der Waals surface area contributed by atoms with E-state index in [0.29, 0.717) is 11.4 Å². The highest BCUT2D eigenvalue weighted by atomic mass is 35.5. The number of halogens is 1. The third-order valence-electron chi connectivity index (χ3n) is 4.39. The van der Waals surface area contributed by atoms with Gasteiger partial charge in [-0.25, -0.2) is 14.3 Å². The molecule has 1 atom stereocenters. The minimum absolute atomic E-state index is 0.0544. The highest BCUT2D eigenvalue weighted by Crippen LogP contribution is 2.24. The van der Waals surface area contributed by atoms with Crippen LogP contribution in [0, 0.1) is 6.92 Å². The van der Waals surface area contributed by atoms with Crippen LogP contribution in [0.2, 0.25) is 5.15 Å². The molecule has 0 spiro atoms. The molecule has 2 aromatic carbocycles. The van der Waals surface area contributed by atoms with E-state index < -0.39 is 24.0 Å². The number of para-hydroxylation sites is 1. The Morgan fingerprint density at radius 3 is 2.32 bits per heavy atom. The second kappa shape index (κ2) is 9.90. The van der Waals surface area contributed by atoms with Crippen LogP contribution < -0.4 is 10.6 Å². The van der Waals surface area contributed by atoms with Gasteiger partial charge in [-0.3, -0.25) is 10.1 Å². The number of hydrogen-bond donors (Lipinski definition) is 2. The minimum Gasteiger partial charge on any atom is -0.449 e. The highest BCUT2D eigenvalue weighted by Gasteiger charge is 2.26. The van der Waals surface area contributed by atoms with Crippen molar-refractivity contribution in [3.8, 4) is 5.69 Å². The van der Waals surface area contributed by atoms with Gasteiger partial charge in [-0.05, 0) is 31.5 Å². The molecular formula is C22H21ClN4O4. The smallest absolute Gasteiger partial charge is 0.344 e. The second-order valence-electron chi connectivity index (χ2n) is 6.70. The molecule has 0 saturated carbocycles. The first kappa shape index (κ1) is 22.0. The van der Waals surface area contributed by atoms with E-state index in [0.717, 1.165) is 5.56 Å². The van der Waals surface area contributed by atoms with Crippen molar-refractivity contribution < 1.29 is 19.1 Å². The van der Waals surface area contributed by atoms with Gasteiger partial charge >= 0.3 is 12.0 Å². The van der Waals surface area contributed by atoms with Crippen molar-refractivity contribution in [3.05, 3.63) is 82.6 Å². The van der Waals surface area contributed by atoms with Crippen molar-refractivity contribution in [3.63, 3.8) is 0 Å². The zero-order valence-corrected chi connectivity index (χ0v) is 17.7. The standard InChI is InChI=1S/C22H21ClN4O4/c1-14-18(19(23)27(26-14)17-11-7-4-8-12-17)21(29)31-15(2)20(28)25-22(30)24-13-16-9-5-3-6-10-16/h3-12,15H,13H2,1-2H3,(H2,24,25,28,30). The maximum atomic E-state index is 12.6. The fourth-order valence-electron chi connectivity index (χ4n) is 2.78. The van der Waals surface area contributed by atoms with Crippen LogP contribution in [0.4, 0.5) is 4.79 Å². The van der Waals surface area contributed by atoms with Gasteiger partial charge < -0.3 is 10.1 Å². The van der Waals surface area contributed by atoms with Crippen LogP contribution in [0.15, 0.2) is 60.7 Å². The fourth-order valence-corrected chi connectivity index (χ4v) is 3.13. The predicted octanol–water partition coefficient (Wildman–Crippen LogP) is 3.41. The normalized spacial score (nSPS) is 11.5. The van der Waals surface area contributed by atoms with Crippen molar-refractivity contribution in [2.24, 2.45) is 0 Å². The summed E-state index contributed by atoms with van der Waals surface area (Å²) in [6, 6.07) is 17.6. The van der Waals surface area contributed by atoms with E-state index in [4.69, 9.17) is 16.3 Å². The lowest BCUT2D eigenvalue weighted by molar-refractivity contribution is -0.127. The number of nitrogens with one attached hydrogen (secondary N) is 2. The maximum Gasteiger partial charge on any atom is 0.344 e. The highest BCUT2D eigenvalue weighted by molar-refractivity contribution is 6.33. The number of ether oxygens (including phenoxy) is 1. The summed E-state index contributed by atoms with van der Waals surface area (Å²) >= 11 is 6.34. The number of urea groups is 1. The lowest BCUT2D eigenvalue weighted by Gasteiger charge is -2.13. The summed E-state index contributed by atoms with van der Waals surface area (Å²) in [5.74, 6) is -1.57. The Kier molecular flexibility index (Phi) is 7.04. The van der Waals surface area contributed by atoms with Crippen molar-refractivity contribution in [1.82, 2.24) is 20.4 Å². The minimum atomic E-state index is -1.22. The number of nitrogens with zero attached hydrogens (tertiary/aromatic N) is 2. The average Bonchev–Trinajstić information content (AvgIpc) is 3.07. The van der Waals surface area contributed by atoms with Gasteiger partial charge in [0.05, 0.1) is 11.4 Å². The van der Waals surface area contributed by atoms with Gasteiger partial charge in [0.15, 0.2) is 6.10 Å². The number of hydrogen-bond acceptors (Lipinski definition) is 5. The third-order valence-corrected chi connectivity index (χ3v) is 4.74. The van der Waals surface area contributed by atoms with Crippen LogP contribution in [0.25, 0.3) is 5.69 Å². The van der Waals surface area contributed by atoms with Crippen molar-refractivity contribution in [1.29, 1.82) is 0 Å². The number of rotatable bonds is 6. The predicted molar refractivity (Wildman–Crippen MR) is 115 cm³/mol. The van der Waals surface area contributed by atoms with Gasteiger partial charge in [0.2, 0.25) is 0 Å². The number of imide groups is 1. The maximum absolute atomic E-state index is 12.6. The molecule has 2 N–H and O–H groups in total. The molecule has 0 fully saturated rings. The lowest BCUT2D eigenvalue weighted by Crippen LogP contribution is -2.44. The molecule has 0 aliphatic rings. The Balaban J connectivity index is 1.59. The third kappa shape index (κ3) is 5.49. The van der Waals surface area contributed by atoms with Crippen molar-refractivity contribution in [2.75, 3.05) is 0 Å². The number of carbonyl (C=O) groups excluding carboxylic acids is 3. The Labute approximate surface area is 184 Å². The Morgan fingerprint density at radius 1 is 1.06 bits per heavy atom. The Morgan fingerprint density at radius 2 is 1.68 bits per heavy atom. The summed E-state index contributed by atoms with van der Waals surface area (Å²) in [5.41, 5.74) is 1.96. The van der Waals surface area contributed by atoms with Crippen LogP contribution in [0.5, 0.6) is 0 Å². The number of benzene rings is 2. The summed E-state index contributed by atoms with van der Waals surface area (Å²) < 4.78 is 6.62. The summed E-state index contributed by atoms with van der Waals surface area (Å²) in [7, 11) is 0. The van der Waals surface area contributed by atoms with Gasteiger partial charge in [0.1, 0.15) is 10.7 Å². The molecule has 31 heavy (non-hydrogen) atoms. The van der Waals surface area contributed by atoms with E-state index in [1.54, 1.807) is 19.1 Å². The van der Waals surface area contributed by atoms with E-state index >= 15 is 0 Å². The average molecular weight is 441 g/mol. The number of aromatic nitrogens is 2. The molecule has 3 amide bonds. The van der Waals surface area contributed by atoms with E-state index in [9.17, 15) is 14.4 Å². The molecular weight excluding hydrogens is 420 g/mol. The molecule has 3 aromatic rings. The van der Waals surface area contributed by atoms with E-state index in [1.165, 1.54) is 11.6 Å². The molecule has 1 aromatic heterocycles. The molecule has 8 nitrogen and oxygen atoms in total. The van der Waals surface area contributed by atoms with Crippen LogP contribution in [0.3, 0.4) is 0 Å². The lowest BCUT2D eigenvalue weighted by atomic mass is 10.2. The molecule has 3 rings (SSSR count). The van der Waals surface area contributed by atoms with Crippen molar-refractivity contribution >= 4 is 29.5 Å². The second-order valence-corrected chi connectivity index (χ2v) is 7.06. The molecule has 0 bridgehead atoms. The quantitative estimate of drug-likeness (QED) is 0.572. The van der Waals surface area contributed by atoms with Crippen molar-refractivity contribution in [2.45, 2.75) is 26.5 Å². The van der Waals surface area contributed by atoms with Crippen LogP contribution in [-0.4, -0.2) is 33.8 Å².